The van der Waals surface area contributed by atoms with Gasteiger partial charge in [-0.05, 0) is 25.0 Å². The summed E-state index contributed by atoms with van der Waals surface area (Å²) in [6, 6.07) is 3.74. The Balaban J connectivity index is 2.34. The SMILES string of the molecule is CCCC(C)OCc1ccc(N)nc1. The fourth-order valence-electron chi connectivity index (χ4n) is 1.25. The average Bonchev–Trinajstić information content (AvgIpc) is 2.17. The van der Waals surface area contributed by atoms with Gasteiger partial charge in [0, 0.05) is 6.20 Å². The molecule has 0 saturated carbocycles. The lowest BCUT2D eigenvalue weighted by molar-refractivity contribution is 0.0470. The molecule has 3 nitrogen and oxygen atoms in total. The Labute approximate surface area is 85.3 Å². The van der Waals surface area contributed by atoms with Gasteiger partial charge >= 0.3 is 0 Å². The van der Waals surface area contributed by atoms with Crippen molar-refractivity contribution < 1.29 is 4.74 Å². The van der Waals surface area contributed by atoms with Gasteiger partial charge in [0.05, 0.1) is 12.7 Å². The van der Waals surface area contributed by atoms with Crippen LogP contribution in [0, 0.1) is 0 Å². The fourth-order valence-corrected chi connectivity index (χ4v) is 1.25. The van der Waals surface area contributed by atoms with Crippen LogP contribution < -0.4 is 5.73 Å². The summed E-state index contributed by atoms with van der Waals surface area (Å²) in [6.07, 6.45) is 4.33. The van der Waals surface area contributed by atoms with Gasteiger partial charge in [0.1, 0.15) is 5.82 Å². The molecule has 1 aromatic heterocycles. The molecule has 0 saturated heterocycles. The van der Waals surface area contributed by atoms with E-state index in [1.54, 1.807) is 12.3 Å². The van der Waals surface area contributed by atoms with E-state index >= 15 is 0 Å². The first-order chi connectivity index (χ1) is 6.72. The van der Waals surface area contributed by atoms with E-state index in [9.17, 15) is 0 Å². The Bertz CT molecular complexity index is 258. The molecule has 14 heavy (non-hydrogen) atoms. The van der Waals surface area contributed by atoms with E-state index in [0.717, 1.165) is 18.4 Å². The average molecular weight is 194 g/mol. The zero-order chi connectivity index (χ0) is 10.4. The number of nitrogens with zero attached hydrogens (tertiary/aromatic N) is 1. The van der Waals surface area contributed by atoms with E-state index in [-0.39, 0.29) is 0 Å². The minimum atomic E-state index is 0.317. The molecule has 3 heteroatoms. The Hall–Kier alpha value is -1.09. The van der Waals surface area contributed by atoms with Crippen LogP contribution in [0.2, 0.25) is 0 Å². The minimum absolute atomic E-state index is 0.317. The van der Waals surface area contributed by atoms with Gasteiger partial charge in [-0.1, -0.05) is 19.4 Å². The second-order valence-electron chi connectivity index (χ2n) is 3.50. The van der Waals surface area contributed by atoms with Crippen LogP contribution in [-0.2, 0) is 11.3 Å². The number of ether oxygens (including phenoxy) is 1. The maximum atomic E-state index is 5.63. The van der Waals surface area contributed by atoms with Gasteiger partial charge in [-0.2, -0.15) is 0 Å². The van der Waals surface area contributed by atoms with E-state index in [2.05, 4.69) is 18.8 Å². The zero-order valence-electron chi connectivity index (χ0n) is 8.86. The lowest BCUT2D eigenvalue weighted by Crippen LogP contribution is -2.07. The van der Waals surface area contributed by atoms with Crippen molar-refractivity contribution in [2.24, 2.45) is 0 Å². The number of pyridine rings is 1. The van der Waals surface area contributed by atoms with Crippen LogP contribution in [0.1, 0.15) is 32.3 Å². The van der Waals surface area contributed by atoms with Gasteiger partial charge in [-0.15, -0.1) is 0 Å². The lowest BCUT2D eigenvalue weighted by atomic mass is 10.2. The van der Waals surface area contributed by atoms with Gasteiger partial charge in [-0.3, -0.25) is 0 Å². The summed E-state index contributed by atoms with van der Waals surface area (Å²) in [5.41, 5.74) is 6.55. The molecular formula is C11H18N2O. The summed E-state index contributed by atoms with van der Waals surface area (Å²) in [6.45, 7) is 4.87. The van der Waals surface area contributed by atoms with Crippen molar-refractivity contribution >= 4 is 5.82 Å². The summed E-state index contributed by atoms with van der Waals surface area (Å²) in [4.78, 5) is 4.00. The van der Waals surface area contributed by atoms with E-state index < -0.39 is 0 Å². The molecule has 0 aromatic carbocycles. The Morgan fingerprint density at radius 3 is 2.86 bits per heavy atom. The maximum Gasteiger partial charge on any atom is 0.123 e. The van der Waals surface area contributed by atoms with Crippen LogP contribution >= 0.6 is 0 Å². The van der Waals surface area contributed by atoms with Crippen LogP contribution in [0.5, 0.6) is 0 Å². The Morgan fingerprint density at radius 2 is 2.29 bits per heavy atom. The van der Waals surface area contributed by atoms with Gasteiger partial charge < -0.3 is 10.5 Å². The minimum Gasteiger partial charge on any atom is -0.384 e. The highest BCUT2D eigenvalue weighted by atomic mass is 16.5. The van der Waals surface area contributed by atoms with Crippen LogP contribution in [0.15, 0.2) is 18.3 Å². The molecule has 1 atom stereocenters. The molecule has 0 aliphatic rings. The lowest BCUT2D eigenvalue weighted by Gasteiger charge is -2.11. The third-order valence-corrected chi connectivity index (χ3v) is 2.08. The van der Waals surface area contributed by atoms with Crippen LogP contribution in [0.3, 0.4) is 0 Å². The molecule has 1 rings (SSSR count). The molecule has 0 aliphatic carbocycles. The molecule has 1 unspecified atom stereocenters. The maximum absolute atomic E-state index is 5.63. The highest BCUT2D eigenvalue weighted by molar-refractivity contribution is 5.28. The molecule has 0 bridgehead atoms. The number of nitrogen functional groups attached to an aromatic ring is 1. The summed E-state index contributed by atoms with van der Waals surface area (Å²) in [5.74, 6) is 0.551. The summed E-state index contributed by atoms with van der Waals surface area (Å²) >= 11 is 0. The van der Waals surface area contributed by atoms with Crippen LogP contribution in [0.4, 0.5) is 5.82 Å². The molecular weight excluding hydrogens is 176 g/mol. The Kier molecular flexibility index (Phi) is 4.40. The summed E-state index contributed by atoms with van der Waals surface area (Å²) in [7, 11) is 0. The smallest absolute Gasteiger partial charge is 0.123 e. The third-order valence-electron chi connectivity index (χ3n) is 2.08. The van der Waals surface area contributed by atoms with Gasteiger partial charge in [-0.25, -0.2) is 4.98 Å². The topological polar surface area (TPSA) is 48.1 Å². The van der Waals surface area contributed by atoms with E-state index in [1.807, 2.05) is 6.07 Å². The van der Waals surface area contributed by atoms with Gasteiger partial charge in [0.15, 0.2) is 0 Å². The van der Waals surface area contributed by atoms with Gasteiger partial charge in [0.25, 0.3) is 0 Å². The number of anilines is 1. The van der Waals surface area contributed by atoms with Crippen molar-refractivity contribution in [1.29, 1.82) is 0 Å². The third kappa shape index (κ3) is 3.75. The first-order valence-electron chi connectivity index (χ1n) is 5.04. The Morgan fingerprint density at radius 1 is 1.50 bits per heavy atom. The first kappa shape index (κ1) is 11.0. The van der Waals surface area contributed by atoms with E-state index in [0.29, 0.717) is 18.5 Å². The molecule has 1 aromatic rings. The molecule has 1 heterocycles. The summed E-state index contributed by atoms with van der Waals surface area (Å²) < 4.78 is 5.63. The highest BCUT2D eigenvalue weighted by Crippen LogP contribution is 2.07. The quantitative estimate of drug-likeness (QED) is 0.782. The number of nitrogens with two attached hydrogens (primary N) is 1. The molecule has 2 N–H and O–H groups in total. The second-order valence-corrected chi connectivity index (χ2v) is 3.50. The molecule has 0 amide bonds. The second kappa shape index (κ2) is 5.60. The molecule has 0 radical (unpaired) electrons. The summed E-state index contributed by atoms with van der Waals surface area (Å²) in [5, 5.41) is 0. The van der Waals surface area contributed by atoms with E-state index in [1.165, 1.54) is 0 Å². The predicted molar refractivity (Wildman–Crippen MR) is 57.8 cm³/mol. The number of hydrogen-bond donors (Lipinski definition) is 1. The van der Waals surface area contributed by atoms with Crippen molar-refractivity contribution in [1.82, 2.24) is 4.98 Å². The van der Waals surface area contributed by atoms with E-state index in [4.69, 9.17) is 10.5 Å². The van der Waals surface area contributed by atoms with Crippen molar-refractivity contribution in [2.45, 2.75) is 39.4 Å². The fraction of sp³-hybridized carbons (Fsp3) is 0.545. The van der Waals surface area contributed by atoms with Crippen molar-refractivity contribution in [3.63, 3.8) is 0 Å². The monoisotopic (exact) mass is 194 g/mol. The molecule has 0 spiro atoms. The van der Waals surface area contributed by atoms with Crippen molar-refractivity contribution in [3.05, 3.63) is 23.9 Å². The number of rotatable bonds is 5. The molecule has 0 aliphatic heterocycles. The normalized spacial score (nSPS) is 12.7. The number of hydrogen-bond acceptors (Lipinski definition) is 3. The largest absolute Gasteiger partial charge is 0.384 e. The van der Waals surface area contributed by atoms with Crippen LogP contribution in [0.25, 0.3) is 0 Å². The van der Waals surface area contributed by atoms with Gasteiger partial charge in [0.2, 0.25) is 0 Å². The number of aromatic nitrogens is 1. The molecule has 78 valence electrons. The highest BCUT2D eigenvalue weighted by Gasteiger charge is 2.01. The standard InChI is InChI=1S/C11H18N2O/c1-3-4-9(2)14-8-10-5-6-11(12)13-7-10/h5-7,9H,3-4,8H2,1-2H3,(H2,12,13). The first-order valence-corrected chi connectivity index (χ1v) is 5.04. The predicted octanol–water partition coefficient (Wildman–Crippen LogP) is 2.37. The van der Waals surface area contributed by atoms with Crippen molar-refractivity contribution in [2.75, 3.05) is 5.73 Å². The van der Waals surface area contributed by atoms with Crippen molar-refractivity contribution in [3.8, 4) is 0 Å². The zero-order valence-corrected chi connectivity index (χ0v) is 8.86. The molecule has 0 fully saturated rings. The van der Waals surface area contributed by atoms with Crippen LogP contribution in [-0.4, -0.2) is 11.1 Å².